The molecule has 0 radical (unpaired) electrons. The van der Waals surface area contributed by atoms with Crippen molar-refractivity contribution >= 4 is 44.8 Å². The molecule has 0 aliphatic carbocycles. The second-order valence-electron chi connectivity index (χ2n) is 7.20. The topological polar surface area (TPSA) is 46.6 Å². The van der Waals surface area contributed by atoms with Crippen LogP contribution in [-0.2, 0) is 22.5 Å². The molecule has 2 heterocycles. The largest absolute Gasteiger partial charge is 0.452 e. The molecular weight excluding hydrogens is 382 g/mol. The van der Waals surface area contributed by atoms with E-state index < -0.39 is 5.97 Å². The zero-order valence-electron chi connectivity index (χ0n) is 15.8. The lowest BCUT2D eigenvalue weighted by molar-refractivity contribution is -0.135. The highest BCUT2D eigenvalue weighted by atomic mass is 32.1. The van der Waals surface area contributed by atoms with Gasteiger partial charge in [-0.1, -0.05) is 48.5 Å². The van der Waals surface area contributed by atoms with E-state index in [0.717, 1.165) is 28.0 Å². The van der Waals surface area contributed by atoms with E-state index in [-0.39, 0.29) is 12.5 Å². The highest BCUT2D eigenvalue weighted by Crippen LogP contribution is 2.29. The number of hydrogen-bond donors (Lipinski definition) is 0. The number of carbonyl (C=O) groups is 2. The predicted octanol–water partition coefficient (Wildman–Crippen LogP) is 4.80. The van der Waals surface area contributed by atoms with Gasteiger partial charge in [-0.05, 0) is 51.0 Å². The summed E-state index contributed by atoms with van der Waals surface area (Å²) in [7, 11) is 0. The van der Waals surface area contributed by atoms with E-state index in [0.29, 0.717) is 18.7 Å². The second kappa shape index (κ2) is 7.33. The first-order valence-corrected chi connectivity index (χ1v) is 10.5. The van der Waals surface area contributed by atoms with E-state index in [1.807, 2.05) is 48.5 Å². The van der Waals surface area contributed by atoms with Gasteiger partial charge < -0.3 is 9.64 Å². The van der Waals surface area contributed by atoms with Crippen molar-refractivity contribution in [3.8, 4) is 0 Å². The van der Waals surface area contributed by atoms with Crippen molar-refractivity contribution < 1.29 is 14.3 Å². The normalized spacial score (nSPS) is 13.4. The van der Waals surface area contributed by atoms with E-state index in [2.05, 4.69) is 17.5 Å². The lowest BCUT2D eigenvalue weighted by atomic mass is 9.97. The lowest BCUT2D eigenvalue weighted by Crippen LogP contribution is -2.38. The summed E-state index contributed by atoms with van der Waals surface area (Å²) in [5, 5.41) is 5.69. The Hall–Kier alpha value is -3.18. The van der Waals surface area contributed by atoms with Gasteiger partial charge in [0.25, 0.3) is 5.91 Å². The molecule has 29 heavy (non-hydrogen) atoms. The van der Waals surface area contributed by atoms with Gasteiger partial charge >= 0.3 is 5.97 Å². The van der Waals surface area contributed by atoms with Gasteiger partial charge in [0, 0.05) is 18.0 Å². The first-order valence-electron chi connectivity index (χ1n) is 9.61. The Labute approximate surface area is 172 Å². The quantitative estimate of drug-likeness (QED) is 0.366. The molecule has 5 heteroatoms. The molecule has 0 unspecified atom stereocenters. The van der Waals surface area contributed by atoms with Crippen molar-refractivity contribution in [2.45, 2.75) is 13.0 Å². The van der Waals surface area contributed by atoms with Crippen LogP contribution in [0, 0.1) is 0 Å². The molecule has 1 aliphatic heterocycles. The Morgan fingerprint density at radius 1 is 0.966 bits per heavy atom. The number of benzene rings is 3. The van der Waals surface area contributed by atoms with Crippen molar-refractivity contribution in [2.24, 2.45) is 0 Å². The van der Waals surface area contributed by atoms with Crippen LogP contribution in [0.25, 0.3) is 21.5 Å². The molecule has 0 N–H and O–H groups in total. The molecule has 0 bridgehead atoms. The number of fused-ring (bicyclic) bond motifs is 3. The van der Waals surface area contributed by atoms with Gasteiger partial charge in [-0.25, -0.2) is 4.79 Å². The van der Waals surface area contributed by atoms with Gasteiger partial charge in [0.05, 0.1) is 5.56 Å². The first-order chi connectivity index (χ1) is 14.2. The minimum absolute atomic E-state index is 0.153. The molecule has 0 atom stereocenters. The Balaban J connectivity index is 1.39. The van der Waals surface area contributed by atoms with Gasteiger partial charge in [-0.3, -0.25) is 4.79 Å². The van der Waals surface area contributed by atoms with Crippen LogP contribution in [-0.4, -0.2) is 29.9 Å². The van der Waals surface area contributed by atoms with Crippen LogP contribution in [0.3, 0.4) is 0 Å². The summed E-state index contributed by atoms with van der Waals surface area (Å²) in [5.74, 6) is -0.612. The number of amides is 1. The fourth-order valence-electron chi connectivity index (χ4n) is 3.99. The van der Waals surface area contributed by atoms with Crippen LogP contribution in [0.4, 0.5) is 0 Å². The number of hydrogen-bond acceptors (Lipinski definition) is 4. The Bertz CT molecular complexity index is 1190. The molecule has 0 spiro atoms. The third-order valence-corrected chi connectivity index (χ3v) is 6.49. The minimum atomic E-state index is -0.459. The summed E-state index contributed by atoms with van der Waals surface area (Å²) < 4.78 is 5.50. The zero-order chi connectivity index (χ0) is 19.8. The number of nitrogens with zero attached hydrogens (tertiary/aromatic N) is 1. The van der Waals surface area contributed by atoms with Crippen LogP contribution in [0.5, 0.6) is 0 Å². The lowest BCUT2D eigenvalue weighted by Gasteiger charge is -2.26. The molecule has 5 rings (SSSR count). The van der Waals surface area contributed by atoms with Gasteiger partial charge in [0.1, 0.15) is 0 Å². The summed E-state index contributed by atoms with van der Waals surface area (Å²) in [6.45, 7) is 1.02. The summed E-state index contributed by atoms with van der Waals surface area (Å²) in [5.41, 5.74) is 1.71. The van der Waals surface area contributed by atoms with Crippen LogP contribution in [0.2, 0.25) is 0 Å². The van der Waals surface area contributed by atoms with Crippen LogP contribution < -0.4 is 0 Å². The maximum absolute atomic E-state index is 13.0. The predicted molar refractivity (Wildman–Crippen MR) is 115 cm³/mol. The van der Waals surface area contributed by atoms with Crippen LogP contribution in [0.1, 0.15) is 20.8 Å². The number of carbonyl (C=O) groups excluding carboxylic acids is 2. The van der Waals surface area contributed by atoms with Crippen molar-refractivity contribution in [2.75, 3.05) is 13.2 Å². The van der Waals surface area contributed by atoms with Crippen molar-refractivity contribution in [3.63, 3.8) is 0 Å². The van der Waals surface area contributed by atoms with Crippen LogP contribution in [0.15, 0.2) is 66.0 Å². The molecule has 1 aliphatic rings. The smallest absolute Gasteiger partial charge is 0.339 e. The SMILES string of the molecule is O=C(OCC(=O)N1CCc2sccc2C1)c1c2ccccc2cc2ccccc12. The molecule has 0 saturated carbocycles. The summed E-state index contributed by atoms with van der Waals surface area (Å²) in [6.07, 6.45) is 0.862. The van der Waals surface area contributed by atoms with Gasteiger partial charge in [0.15, 0.2) is 6.61 Å². The molecule has 0 fully saturated rings. The van der Waals surface area contributed by atoms with Crippen molar-refractivity contribution in [3.05, 3.63) is 82.0 Å². The summed E-state index contributed by atoms with van der Waals surface area (Å²) in [6, 6.07) is 19.6. The number of ether oxygens (including phenoxy) is 1. The van der Waals surface area contributed by atoms with Gasteiger partial charge in [-0.2, -0.15) is 0 Å². The number of rotatable bonds is 3. The van der Waals surface area contributed by atoms with E-state index in [9.17, 15) is 9.59 Å². The van der Waals surface area contributed by atoms with Crippen LogP contribution >= 0.6 is 11.3 Å². The van der Waals surface area contributed by atoms with Crippen molar-refractivity contribution in [1.29, 1.82) is 0 Å². The van der Waals surface area contributed by atoms with E-state index in [4.69, 9.17) is 4.74 Å². The fraction of sp³-hybridized carbons (Fsp3) is 0.167. The zero-order valence-corrected chi connectivity index (χ0v) is 16.6. The maximum atomic E-state index is 13.0. The molecular formula is C24H19NO3S. The Morgan fingerprint density at radius 3 is 2.38 bits per heavy atom. The second-order valence-corrected chi connectivity index (χ2v) is 8.20. The average molecular weight is 401 g/mol. The number of esters is 1. The van der Waals surface area contributed by atoms with Gasteiger partial charge in [0.2, 0.25) is 0 Å². The monoisotopic (exact) mass is 401 g/mol. The van der Waals surface area contributed by atoms with Crippen molar-refractivity contribution in [1.82, 2.24) is 4.90 Å². The average Bonchev–Trinajstić information content (AvgIpc) is 3.23. The summed E-state index contributed by atoms with van der Waals surface area (Å²) >= 11 is 1.73. The minimum Gasteiger partial charge on any atom is -0.452 e. The summed E-state index contributed by atoms with van der Waals surface area (Å²) in [4.78, 5) is 28.8. The first kappa shape index (κ1) is 17.9. The molecule has 4 aromatic rings. The van der Waals surface area contributed by atoms with E-state index in [1.54, 1.807) is 16.2 Å². The maximum Gasteiger partial charge on any atom is 0.339 e. The van der Waals surface area contributed by atoms with E-state index >= 15 is 0 Å². The fourth-order valence-corrected chi connectivity index (χ4v) is 4.88. The molecule has 144 valence electrons. The van der Waals surface area contributed by atoms with E-state index in [1.165, 1.54) is 10.4 Å². The Morgan fingerprint density at radius 2 is 1.66 bits per heavy atom. The molecule has 3 aromatic carbocycles. The molecule has 0 saturated heterocycles. The highest BCUT2D eigenvalue weighted by molar-refractivity contribution is 7.10. The molecule has 4 nitrogen and oxygen atoms in total. The third-order valence-electron chi connectivity index (χ3n) is 5.46. The molecule has 1 aromatic heterocycles. The van der Waals surface area contributed by atoms with Gasteiger partial charge in [-0.15, -0.1) is 11.3 Å². The Kier molecular flexibility index (Phi) is 4.52. The highest BCUT2D eigenvalue weighted by Gasteiger charge is 2.23. The molecule has 1 amide bonds. The standard InChI is InChI=1S/C24H19NO3S/c26-22(25-11-9-21-18(14-25)10-12-29-21)15-28-24(27)23-19-7-3-1-5-16(19)13-17-6-2-4-8-20(17)23/h1-8,10,12-13H,9,11,14-15H2. The number of thiophene rings is 1. The third kappa shape index (κ3) is 3.28.